The van der Waals surface area contributed by atoms with Gasteiger partial charge in [0.15, 0.2) is 0 Å². The van der Waals surface area contributed by atoms with Gasteiger partial charge in [-0.25, -0.2) is 4.98 Å². The van der Waals surface area contributed by atoms with E-state index in [2.05, 4.69) is 15.3 Å². The van der Waals surface area contributed by atoms with Gasteiger partial charge in [0.2, 0.25) is 0 Å². The second-order valence-corrected chi connectivity index (χ2v) is 8.06. The summed E-state index contributed by atoms with van der Waals surface area (Å²) in [4.78, 5) is 34.1. The number of hydrogen-bond acceptors (Lipinski definition) is 6. The van der Waals surface area contributed by atoms with Gasteiger partial charge in [-0.3, -0.25) is 14.3 Å². The first kappa shape index (κ1) is 19.8. The predicted octanol–water partition coefficient (Wildman–Crippen LogP) is 3.67. The number of anilines is 1. The Balaban J connectivity index is 1.52. The summed E-state index contributed by atoms with van der Waals surface area (Å²) < 4.78 is 9.08. The van der Waals surface area contributed by atoms with Crippen LogP contribution in [0.5, 0.6) is 5.75 Å². The minimum Gasteiger partial charge on any atom is -0.487 e. The topological polar surface area (TPSA) is 90.5 Å². The highest BCUT2D eigenvalue weighted by atomic mass is 32.1. The van der Waals surface area contributed by atoms with Gasteiger partial charge in [0, 0.05) is 23.9 Å². The highest BCUT2D eigenvalue weighted by Gasteiger charge is 2.12. The molecule has 0 atom stereocenters. The van der Waals surface area contributed by atoms with E-state index in [0.717, 1.165) is 5.56 Å². The molecule has 3 heterocycles. The summed E-state index contributed by atoms with van der Waals surface area (Å²) in [6, 6.07) is 10.6. The Bertz CT molecular complexity index is 1260. The summed E-state index contributed by atoms with van der Waals surface area (Å²) >= 11 is 1.38. The van der Waals surface area contributed by atoms with Gasteiger partial charge < -0.3 is 10.1 Å². The molecule has 8 nitrogen and oxygen atoms in total. The molecule has 0 saturated heterocycles. The van der Waals surface area contributed by atoms with E-state index in [0.29, 0.717) is 27.8 Å². The number of benzene rings is 1. The molecule has 3 aromatic heterocycles. The van der Waals surface area contributed by atoms with Crippen LogP contribution in [-0.2, 0) is 6.61 Å². The number of aromatic nitrogens is 4. The molecule has 0 bridgehead atoms. The van der Waals surface area contributed by atoms with Gasteiger partial charge >= 0.3 is 0 Å². The number of amides is 1. The summed E-state index contributed by atoms with van der Waals surface area (Å²) in [7, 11) is 0. The molecule has 0 fully saturated rings. The molecule has 154 valence electrons. The molecular weight excluding hydrogens is 402 g/mol. The lowest BCUT2D eigenvalue weighted by Gasteiger charge is -2.12. The van der Waals surface area contributed by atoms with Gasteiger partial charge in [0.05, 0.1) is 10.6 Å². The average Bonchev–Trinajstić information content (AvgIpc) is 3.38. The molecule has 0 aliphatic carbocycles. The monoisotopic (exact) mass is 423 g/mol. The molecule has 1 N–H and O–H groups in total. The van der Waals surface area contributed by atoms with Crippen LogP contribution in [0.3, 0.4) is 0 Å². The predicted molar refractivity (Wildman–Crippen MR) is 115 cm³/mol. The van der Waals surface area contributed by atoms with Crippen LogP contribution in [0.2, 0.25) is 0 Å². The van der Waals surface area contributed by atoms with Gasteiger partial charge in [-0.05, 0) is 43.8 Å². The summed E-state index contributed by atoms with van der Waals surface area (Å²) in [6.07, 6.45) is 1.60. The summed E-state index contributed by atoms with van der Waals surface area (Å²) in [5.41, 5.74) is 1.82. The molecule has 0 unspecified atom stereocenters. The molecule has 0 saturated carbocycles. The van der Waals surface area contributed by atoms with Crippen LogP contribution in [0.25, 0.3) is 5.78 Å². The van der Waals surface area contributed by atoms with E-state index in [1.165, 1.54) is 21.9 Å². The number of aryl methyl sites for hydroxylation is 1. The third kappa shape index (κ3) is 3.97. The highest BCUT2D eigenvalue weighted by Crippen LogP contribution is 2.24. The first-order chi connectivity index (χ1) is 14.4. The molecule has 4 aromatic rings. The zero-order chi connectivity index (χ0) is 21.3. The molecule has 1 amide bonds. The van der Waals surface area contributed by atoms with Gasteiger partial charge in [-0.2, -0.15) is 9.50 Å². The van der Waals surface area contributed by atoms with Crippen molar-refractivity contribution < 1.29 is 9.53 Å². The minimum atomic E-state index is -0.210. The largest absolute Gasteiger partial charge is 0.487 e. The number of thiophene rings is 1. The van der Waals surface area contributed by atoms with Crippen LogP contribution < -0.4 is 15.6 Å². The van der Waals surface area contributed by atoms with Crippen molar-refractivity contribution in [1.29, 1.82) is 0 Å². The quantitative estimate of drug-likeness (QED) is 0.511. The van der Waals surface area contributed by atoms with Crippen LogP contribution in [-0.4, -0.2) is 25.1 Å². The van der Waals surface area contributed by atoms with Crippen LogP contribution in [0, 0.1) is 6.92 Å². The Hall–Kier alpha value is -3.46. The molecule has 30 heavy (non-hydrogen) atoms. The first-order valence-corrected chi connectivity index (χ1v) is 10.3. The maximum Gasteiger partial charge on any atom is 0.274 e. The normalized spacial score (nSPS) is 11.2. The standard InChI is InChI=1S/C21H21N5O3S/c1-13(2)25-12-22-21-24-16(10-19(27)26(21)25)11-29-17-9-15(7-6-14(17)3)23-20(28)18-5-4-8-30-18/h4-10,12-13H,11H2,1-3H3,(H,23,28). The molecular formula is C21H21N5O3S. The van der Waals surface area contributed by atoms with Crippen molar-refractivity contribution in [1.82, 2.24) is 19.2 Å². The van der Waals surface area contributed by atoms with E-state index >= 15 is 0 Å². The van der Waals surface area contributed by atoms with Crippen molar-refractivity contribution in [3.63, 3.8) is 0 Å². The third-order valence-electron chi connectivity index (χ3n) is 4.55. The van der Waals surface area contributed by atoms with Gasteiger partial charge in [0.25, 0.3) is 17.2 Å². The van der Waals surface area contributed by atoms with Gasteiger partial charge in [-0.1, -0.05) is 12.1 Å². The van der Waals surface area contributed by atoms with Crippen molar-refractivity contribution in [2.45, 2.75) is 33.4 Å². The van der Waals surface area contributed by atoms with Crippen molar-refractivity contribution in [3.05, 3.63) is 74.6 Å². The van der Waals surface area contributed by atoms with E-state index in [1.807, 2.05) is 44.4 Å². The Morgan fingerprint density at radius 1 is 1.27 bits per heavy atom. The molecule has 0 aliphatic heterocycles. The Morgan fingerprint density at radius 3 is 2.83 bits per heavy atom. The van der Waals surface area contributed by atoms with Crippen LogP contribution in [0.4, 0.5) is 5.69 Å². The molecule has 0 radical (unpaired) electrons. The number of hydrogen-bond donors (Lipinski definition) is 1. The Labute approximate surface area is 176 Å². The number of fused-ring (bicyclic) bond motifs is 1. The van der Waals surface area contributed by atoms with Gasteiger partial charge in [0.1, 0.15) is 18.7 Å². The summed E-state index contributed by atoms with van der Waals surface area (Å²) in [6.45, 7) is 5.97. The van der Waals surface area contributed by atoms with Crippen molar-refractivity contribution >= 4 is 28.7 Å². The number of carbonyl (C=O) groups excluding carboxylic acids is 1. The Kier molecular flexibility index (Phi) is 5.37. The van der Waals surface area contributed by atoms with Crippen molar-refractivity contribution in [2.75, 3.05) is 5.32 Å². The second kappa shape index (κ2) is 8.11. The Morgan fingerprint density at radius 2 is 2.10 bits per heavy atom. The fraction of sp³-hybridized carbons (Fsp3) is 0.238. The number of rotatable bonds is 6. The van der Waals surface area contributed by atoms with Crippen molar-refractivity contribution in [2.24, 2.45) is 0 Å². The molecule has 0 spiro atoms. The smallest absolute Gasteiger partial charge is 0.274 e. The lowest BCUT2D eigenvalue weighted by molar-refractivity contribution is 0.103. The second-order valence-electron chi connectivity index (χ2n) is 7.12. The van der Waals surface area contributed by atoms with Crippen molar-refractivity contribution in [3.8, 4) is 5.75 Å². The van der Waals surface area contributed by atoms with Crippen LogP contribution in [0.15, 0.2) is 52.9 Å². The highest BCUT2D eigenvalue weighted by molar-refractivity contribution is 7.12. The van der Waals surface area contributed by atoms with Gasteiger partial charge in [-0.15, -0.1) is 11.3 Å². The van der Waals surface area contributed by atoms with E-state index < -0.39 is 0 Å². The van der Waals surface area contributed by atoms with E-state index in [-0.39, 0.29) is 24.1 Å². The van der Waals surface area contributed by atoms with Crippen LogP contribution in [0.1, 0.15) is 40.8 Å². The number of carbonyl (C=O) groups is 1. The van der Waals surface area contributed by atoms with E-state index in [4.69, 9.17) is 4.74 Å². The first-order valence-electron chi connectivity index (χ1n) is 9.46. The molecule has 4 rings (SSSR count). The van der Waals surface area contributed by atoms with E-state index in [9.17, 15) is 9.59 Å². The maximum atomic E-state index is 12.5. The molecule has 0 aliphatic rings. The summed E-state index contributed by atoms with van der Waals surface area (Å²) in [5, 5.41) is 4.72. The SMILES string of the molecule is Cc1ccc(NC(=O)c2cccs2)cc1OCc1cc(=O)n2c(ncn2C(C)C)n1. The average molecular weight is 423 g/mol. The number of ether oxygens (including phenoxy) is 1. The summed E-state index contributed by atoms with van der Waals surface area (Å²) in [5.74, 6) is 0.776. The fourth-order valence-corrected chi connectivity index (χ4v) is 3.62. The fourth-order valence-electron chi connectivity index (χ4n) is 3.00. The lowest BCUT2D eigenvalue weighted by Crippen LogP contribution is -2.23. The molecule has 9 heteroatoms. The number of nitrogens with zero attached hydrogens (tertiary/aromatic N) is 4. The van der Waals surface area contributed by atoms with Crippen LogP contribution >= 0.6 is 11.3 Å². The third-order valence-corrected chi connectivity index (χ3v) is 5.42. The van der Waals surface area contributed by atoms with E-state index in [1.54, 1.807) is 23.1 Å². The zero-order valence-corrected chi connectivity index (χ0v) is 17.6. The molecule has 1 aromatic carbocycles. The maximum absolute atomic E-state index is 12.5. The minimum absolute atomic E-state index is 0.0892. The zero-order valence-electron chi connectivity index (χ0n) is 16.8. The number of nitrogens with one attached hydrogen (secondary N) is 1. The lowest BCUT2D eigenvalue weighted by atomic mass is 10.2.